The van der Waals surface area contributed by atoms with E-state index in [-0.39, 0.29) is 11.9 Å². The van der Waals surface area contributed by atoms with Gasteiger partial charge >= 0.3 is 0 Å². The van der Waals surface area contributed by atoms with E-state index in [9.17, 15) is 9.18 Å². The van der Waals surface area contributed by atoms with Gasteiger partial charge in [-0.05, 0) is 52.9 Å². The Morgan fingerprint density at radius 3 is 2.68 bits per heavy atom. The van der Waals surface area contributed by atoms with Crippen molar-refractivity contribution in [2.45, 2.75) is 38.6 Å². The van der Waals surface area contributed by atoms with Gasteiger partial charge in [-0.15, -0.1) is 0 Å². The standard InChI is InChI=1S/C15H19BrFNO/c1-10-5-3-4-6-14(10)18(2)15(19)11-7-8-12(16)13(17)9-11/h7-10,14H,3-6H2,1-2H3. The molecule has 0 aliphatic heterocycles. The number of carbonyl (C=O) groups is 1. The van der Waals surface area contributed by atoms with Crippen molar-refractivity contribution < 1.29 is 9.18 Å². The SMILES string of the molecule is CC1CCCCC1N(C)C(=O)c1ccc(Br)c(F)c1. The molecule has 1 fully saturated rings. The third-order valence-corrected chi connectivity index (χ3v) is 4.69. The van der Waals surface area contributed by atoms with E-state index in [0.29, 0.717) is 16.0 Å². The van der Waals surface area contributed by atoms with Crippen LogP contribution in [0.2, 0.25) is 0 Å². The Labute approximate surface area is 122 Å². The predicted molar refractivity (Wildman–Crippen MR) is 77.6 cm³/mol. The number of carbonyl (C=O) groups excluding carboxylic acids is 1. The van der Waals surface area contributed by atoms with Crippen molar-refractivity contribution in [1.29, 1.82) is 0 Å². The van der Waals surface area contributed by atoms with Crippen LogP contribution in [0.5, 0.6) is 0 Å². The molecule has 0 heterocycles. The third kappa shape index (κ3) is 3.16. The zero-order chi connectivity index (χ0) is 14.0. The number of amides is 1. The summed E-state index contributed by atoms with van der Waals surface area (Å²) in [6.07, 6.45) is 4.62. The lowest BCUT2D eigenvalue weighted by atomic mass is 9.85. The highest BCUT2D eigenvalue weighted by molar-refractivity contribution is 9.10. The number of hydrogen-bond acceptors (Lipinski definition) is 1. The minimum Gasteiger partial charge on any atom is -0.338 e. The topological polar surface area (TPSA) is 20.3 Å². The summed E-state index contributed by atoms with van der Waals surface area (Å²) in [5, 5.41) is 0. The number of benzene rings is 1. The fraction of sp³-hybridized carbons (Fsp3) is 0.533. The molecule has 1 amide bonds. The Bertz CT molecular complexity index is 477. The smallest absolute Gasteiger partial charge is 0.253 e. The summed E-state index contributed by atoms with van der Waals surface area (Å²) in [5.74, 6) is 0.0316. The predicted octanol–water partition coefficient (Wildman–Crippen LogP) is 4.24. The lowest BCUT2D eigenvalue weighted by molar-refractivity contribution is 0.0628. The first-order valence-corrected chi connectivity index (χ1v) is 7.52. The van der Waals surface area contributed by atoms with E-state index in [1.54, 1.807) is 17.0 Å². The fourth-order valence-electron chi connectivity index (χ4n) is 2.86. The first-order valence-electron chi connectivity index (χ1n) is 6.73. The van der Waals surface area contributed by atoms with Gasteiger partial charge in [-0.2, -0.15) is 0 Å². The number of nitrogens with zero attached hydrogens (tertiary/aromatic N) is 1. The first kappa shape index (κ1) is 14.5. The molecule has 0 aromatic heterocycles. The van der Waals surface area contributed by atoms with Gasteiger partial charge in [0.1, 0.15) is 5.82 Å². The molecule has 2 nitrogen and oxygen atoms in total. The van der Waals surface area contributed by atoms with Crippen LogP contribution in [0.3, 0.4) is 0 Å². The average Bonchev–Trinajstić information content (AvgIpc) is 2.41. The van der Waals surface area contributed by atoms with Crippen LogP contribution in [0.15, 0.2) is 22.7 Å². The Balaban J connectivity index is 2.15. The van der Waals surface area contributed by atoms with Crippen LogP contribution in [0.1, 0.15) is 43.0 Å². The van der Waals surface area contributed by atoms with Crippen molar-refractivity contribution in [2.24, 2.45) is 5.92 Å². The van der Waals surface area contributed by atoms with Crippen LogP contribution < -0.4 is 0 Å². The van der Waals surface area contributed by atoms with Gasteiger partial charge in [-0.1, -0.05) is 19.8 Å². The van der Waals surface area contributed by atoms with E-state index in [1.165, 1.54) is 18.9 Å². The van der Waals surface area contributed by atoms with Gasteiger partial charge in [-0.3, -0.25) is 4.79 Å². The second-order valence-electron chi connectivity index (χ2n) is 5.37. The molecule has 0 spiro atoms. The van der Waals surface area contributed by atoms with Crippen molar-refractivity contribution in [1.82, 2.24) is 4.90 Å². The summed E-state index contributed by atoms with van der Waals surface area (Å²) in [4.78, 5) is 14.2. The van der Waals surface area contributed by atoms with Gasteiger partial charge in [0, 0.05) is 18.7 Å². The highest BCUT2D eigenvalue weighted by atomic mass is 79.9. The Hall–Kier alpha value is -0.900. The molecule has 19 heavy (non-hydrogen) atoms. The maximum Gasteiger partial charge on any atom is 0.253 e. The molecule has 0 N–H and O–H groups in total. The minimum absolute atomic E-state index is 0.0925. The van der Waals surface area contributed by atoms with E-state index in [2.05, 4.69) is 22.9 Å². The maximum atomic E-state index is 13.5. The monoisotopic (exact) mass is 327 g/mol. The second-order valence-corrected chi connectivity index (χ2v) is 6.23. The molecule has 0 saturated heterocycles. The summed E-state index contributed by atoms with van der Waals surface area (Å²) in [6.45, 7) is 2.19. The lowest BCUT2D eigenvalue weighted by Crippen LogP contribution is -2.42. The molecule has 0 radical (unpaired) electrons. The van der Waals surface area contributed by atoms with Crippen molar-refractivity contribution in [3.63, 3.8) is 0 Å². The quantitative estimate of drug-likeness (QED) is 0.795. The van der Waals surface area contributed by atoms with Gasteiger partial charge < -0.3 is 4.90 Å². The molecule has 104 valence electrons. The van der Waals surface area contributed by atoms with Gasteiger partial charge in [0.2, 0.25) is 0 Å². The summed E-state index contributed by atoms with van der Waals surface area (Å²) in [6, 6.07) is 4.82. The summed E-state index contributed by atoms with van der Waals surface area (Å²) in [5.41, 5.74) is 0.418. The highest BCUT2D eigenvalue weighted by Gasteiger charge is 2.28. The molecule has 2 atom stereocenters. The van der Waals surface area contributed by atoms with Crippen molar-refractivity contribution >= 4 is 21.8 Å². The van der Waals surface area contributed by atoms with E-state index in [0.717, 1.165) is 12.8 Å². The molecule has 1 aliphatic carbocycles. The zero-order valence-electron chi connectivity index (χ0n) is 11.3. The number of hydrogen-bond donors (Lipinski definition) is 0. The molecule has 1 aromatic rings. The minimum atomic E-state index is -0.393. The molecule has 4 heteroatoms. The van der Waals surface area contributed by atoms with Crippen molar-refractivity contribution in [3.8, 4) is 0 Å². The Kier molecular flexibility index (Phi) is 4.61. The molecule has 1 aliphatic rings. The molecular weight excluding hydrogens is 309 g/mol. The fourth-order valence-corrected chi connectivity index (χ4v) is 3.10. The maximum absolute atomic E-state index is 13.5. The van der Waals surface area contributed by atoms with Crippen molar-refractivity contribution in [3.05, 3.63) is 34.1 Å². The lowest BCUT2D eigenvalue weighted by Gasteiger charge is -2.36. The summed E-state index contributed by atoms with van der Waals surface area (Å²) >= 11 is 3.10. The van der Waals surface area contributed by atoms with Gasteiger partial charge in [0.25, 0.3) is 5.91 Å². The zero-order valence-corrected chi connectivity index (χ0v) is 12.9. The Morgan fingerprint density at radius 1 is 1.37 bits per heavy atom. The largest absolute Gasteiger partial charge is 0.338 e. The van der Waals surface area contributed by atoms with Crippen LogP contribution >= 0.6 is 15.9 Å². The van der Waals surface area contributed by atoms with Crippen LogP contribution in [0, 0.1) is 11.7 Å². The van der Waals surface area contributed by atoms with Gasteiger partial charge in [0.15, 0.2) is 0 Å². The highest BCUT2D eigenvalue weighted by Crippen LogP contribution is 2.28. The normalized spacial score (nSPS) is 23.2. The molecule has 0 bridgehead atoms. The van der Waals surface area contributed by atoms with Crippen LogP contribution in [0.4, 0.5) is 4.39 Å². The number of halogens is 2. The molecule has 1 saturated carbocycles. The van der Waals surface area contributed by atoms with E-state index < -0.39 is 5.82 Å². The van der Waals surface area contributed by atoms with E-state index in [1.807, 2.05) is 7.05 Å². The molecular formula is C15H19BrFNO. The average molecular weight is 328 g/mol. The summed E-state index contributed by atoms with van der Waals surface area (Å²) < 4.78 is 13.9. The van der Waals surface area contributed by atoms with Crippen LogP contribution in [0.25, 0.3) is 0 Å². The van der Waals surface area contributed by atoms with Crippen LogP contribution in [-0.2, 0) is 0 Å². The van der Waals surface area contributed by atoms with E-state index in [4.69, 9.17) is 0 Å². The van der Waals surface area contributed by atoms with Crippen molar-refractivity contribution in [2.75, 3.05) is 7.05 Å². The molecule has 2 rings (SSSR count). The van der Waals surface area contributed by atoms with Crippen LogP contribution in [-0.4, -0.2) is 23.9 Å². The first-order chi connectivity index (χ1) is 9.00. The number of rotatable bonds is 2. The second kappa shape index (κ2) is 6.04. The Morgan fingerprint density at radius 2 is 2.05 bits per heavy atom. The third-order valence-electron chi connectivity index (χ3n) is 4.05. The van der Waals surface area contributed by atoms with Gasteiger partial charge in [0.05, 0.1) is 4.47 Å². The van der Waals surface area contributed by atoms with E-state index >= 15 is 0 Å². The molecule has 1 aromatic carbocycles. The van der Waals surface area contributed by atoms with Gasteiger partial charge in [-0.25, -0.2) is 4.39 Å². The molecule has 2 unspecified atom stereocenters. The summed E-state index contributed by atoms with van der Waals surface area (Å²) in [7, 11) is 1.83.